The Morgan fingerprint density at radius 2 is 2.11 bits per heavy atom. The molecule has 0 fully saturated rings. The molecule has 18 heavy (non-hydrogen) atoms. The SMILES string of the molecule is CS(=O)(=O)c1cccc(Br)c1NCCCC(=O)O. The van der Waals surface area contributed by atoms with Crippen LogP contribution in [0.4, 0.5) is 5.69 Å². The van der Waals surface area contributed by atoms with Gasteiger partial charge in [-0.15, -0.1) is 0 Å². The first-order valence-corrected chi connectivity index (χ1v) is 7.95. The van der Waals surface area contributed by atoms with E-state index in [0.717, 1.165) is 6.26 Å². The molecule has 1 rings (SSSR count). The van der Waals surface area contributed by atoms with Crippen LogP contribution in [0.2, 0.25) is 0 Å². The molecule has 0 aliphatic carbocycles. The Labute approximate surface area is 114 Å². The van der Waals surface area contributed by atoms with Gasteiger partial charge in [-0.3, -0.25) is 4.79 Å². The third kappa shape index (κ3) is 4.30. The van der Waals surface area contributed by atoms with Crippen LogP contribution in [0.5, 0.6) is 0 Å². The smallest absolute Gasteiger partial charge is 0.303 e. The molecule has 1 aromatic carbocycles. The van der Waals surface area contributed by atoms with Crippen molar-refractivity contribution in [2.24, 2.45) is 0 Å². The summed E-state index contributed by atoms with van der Waals surface area (Å²) in [6.07, 6.45) is 1.61. The number of hydrogen-bond acceptors (Lipinski definition) is 4. The maximum absolute atomic E-state index is 11.6. The minimum absolute atomic E-state index is 0.0473. The van der Waals surface area contributed by atoms with Crippen LogP contribution in [0.15, 0.2) is 27.6 Å². The number of hydrogen-bond donors (Lipinski definition) is 2. The third-order valence-electron chi connectivity index (χ3n) is 2.24. The van der Waals surface area contributed by atoms with E-state index in [0.29, 0.717) is 23.1 Å². The number of halogens is 1. The fraction of sp³-hybridized carbons (Fsp3) is 0.364. The van der Waals surface area contributed by atoms with E-state index in [-0.39, 0.29) is 11.3 Å². The molecule has 100 valence electrons. The number of carbonyl (C=O) groups is 1. The lowest BCUT2D eigenvalue weighted by Gasteiger charge is -2.12. The van der Waals surface area contributed by atoms with Crippen LogP contribution in [0.1, 0.15) is 12.8 Å². The van der Waals surface area contributed by atoms with E-state index in [1.54, 1.807) is 12.1 Å². The van der Waals surface area contributed by atoms with Crippen LogP contribution in [0.3, 0.4) is 0 Å². The van der Waals surface area contributed by atoms with Crippen molar-refractivity contribution in [2.75, 3.05) is 18.1 Å². The van der Waals surface area contributed by atoms with Crippen LogP contribution >= 0.6 is 15.9 Å². The molecule has 1 aromatic rings. The maximum Gasteiger partial charge on any atom is 0.303 e. The molecule has 0 atom stereocenters. The summed E-state index contributed by atoms with van der Waals surface area (Å²) in [7, 11) is -3.32. The number of nitrogens with one attached hydrogen (secondary N) is 1. The Kier molecular flexibility index (Phi) is 5.15. The van der Waals surface area contributed by atoms with Gasteiger partial charge in [-0.1, -0.05) is 6.07 Å². The van der Waals surface area contributed by atoms with E-state index in [2.05, 4.69) is 21.2 Å². The molecule has 0 bridgehead atoms. The van der Waals surface area contributed by atoms with Gasteiger partial charge in [0.25, 0.3) is 0 Å². The van der Waals surface area contributed by atoms with Gasteiger partial charge in [0.2, 0.25) is 0 Å². The Bertz CT molecular complexity index is 542. The molecule has 7 heteroatoms. The molecule has 0 spiro atoms. The minimum atomic E-state index is -3.32. The summed E-state index contributed by atoms with van der Waals surface area (Å²) >= 11 is 3.28. The van der Waals surface area contributed by atoms with E-state index in [1.807, 2.05) is 0 Å². The molecule has 0 saturated heterocycles. The standard InChI is InChI=1S/C11H14BrNO4S/c1-18(16,17)9-5-2-4-8(12)11(9)13-7-3-6-10(14)15/h2,4-5,13H,3,6-7H2,1H3,(H,14,15). The van der Waals surface area contributed by atoms with Gasteiger partial charge in [-0.25, -0.2) is 8.42 Å². The molecule has 0 aliphatic rings. The summed E-state index contributed by atoms with van der Waals surface area (Å²) in [5.41, 5.74) is 0.477. The van der Waals surface area contributed by atoms with Gasteiger partial charge in [0.1, 0.15) is 0 Å². The average molecular weight is 336 g/mol. The van der Waals surface area contributed by atoms with Gasteiger partial charge >= 0.3 is 5.97 Å². The number of rotatable bonds is 6. The highest BCUT2D eigenvalue weighted by molar-refractivity contribution is 9.10. The molecule has 0 radical (unpaired) electrons. The predicted molar refractivity (Wildman–Crippen MR) is 72.6 cm³/mol. The number of benzene rings is 1. The molecule has 5 nitrogen and oxygen atoms in total. The number of anilines is 1. The Hall–Kier alpha value is -1.08. The van der Waals surface area contributed by atoms with Crippen molar-refractivity contribution in [3.63, 3.8) is 0 Å². The largest absolute Gasteiger partial charge is 0.481 e. The molecule has 2 N–H and O–H groups in total. The van der Waals surface area contributed by atoms with Crippen LogP contribution in [-0.2, 0) is 14.6 Å². The average Bonchev–Trinajstić information content (AvgIpc) is 2.24. The number of para-hydroxylation sites is 1. The van der Waals surface area contributed by atoms with Crippen molar-refractivity contribution >= 4 is 37.4 Å². The Balaban J connectivity index is 2.84. The van der Waals surface area contributed by atoms with Crippen molar-refractivity contribution < 1.29 is 18.3 Å². The van der Waals surface area contributed by atoms with Crippen molar-refractivity contribution in [3.8, 4) is 0 Å². The zero-order chi connectivity index (χ0) is 13.8. The third-order valence-corrected chi connectivity index (χ3v) is 4.04. The monoisotopic (exact) mass is 335 g/mol. The van der Waals surface area contributed by atoms with Crippen LogP contribution < -0.4 is 5.32 Å². The summed E-state index contributed by atoms with van der Waals surface area (Å²) in [5, 5.41) is 11.5. The molecule has 0 aromatic heterocycles. The fourth-order valence-electron chi connectivity index (χ4n) is 1.44. The number of sulfone groups is 1. The second-order valence-corrected chi connectivity index (χ2v) is 6.65. The lowest BCUT2D eigenvalue weighted by atomic mass is 10.3. The van der Waals surface area contributed by atoms with Gasteiger partial charge in [0.05, 0.1) is 10.6 Å². The number of carboxylic acid groups (broad SMARTS) is 1. The lowest BCUT2D eigenvalue weighted by molar-refractivity contribution is -0.137. The Morgan fingerprint density at radius 1 is 1.44 bits per heavy atom. The van der Waals surface area contributed by atoms with Crippen LogP contribution in [0.25, 0.3) is 0 Å². The second kappa shape index (κ2) is 6.19. The molecular formula is C11H14BrNO4S. The highest BCUT2D eigenvalue weighted by Crippen LogP contribution is 2.29. The first-order valence-electron chi connectivity index (χ1n) is 5.26. The normalized spacial score (nSPS) is 11.2. The summed E-state index contributed by atoms with van der Waals surface area (Å²) in [6.45, 7) is 0.400. The summed E-state index contributed by atoms with van der Waals surface area (Å²) < 4.78 is 23.8. The maximum atomic E-state index is 11.6. The first kappa shape index (κ1) is 15.0. The highest BCUT2D eigenvalue weighted by Gasteiger charge is 2.15. The van der Waals surface area contributed by atoms with Crippen LogP contribution in [0, 0.1) is 0 Å². The second-order valence-electron chi connectivity index (χ2n) is 3.81. The van der Waals surface area contributed by atoms with Crippen molar-refractivity contribution in [3.05, 3.63) is 22.7 Å². The molecule has 0 aliphatic heterocycles. The molecule has 0 unspecified atom stereocenters. The van der Waals surface area contributed by atoms with Crippen LogP contribution in [-0.4, -0.2) is 32.3 Å². The van der Waals surface area contributed by atoms with Gasteiger partial charge in [0, 0.05) is 23.7 Å². The van der Waals surface area contributed by atoms with Gasteiger partial charge in [0.15, 0.2) is 9.84 Å². The summed E-state index contributed by atoms with van der Waals surface area (Å²) in [5.74, 6) is -0.868. The van der Waals surface area contributed by atoms with E-state index >= 15 is 0 Å². The minimum Gasteiger partial charge on any atom is -0.481 e. The van der Waals surface area contributed by atoms with Gasteiger partial charge in [-0.05, 0) is 34.5 Å². The topological polar surface area (TPSA) is 83.5 Å². The molecule has 0 amide bonds. The van der Waals surface area contributed by atoms with E-state index in [1.165, 1.54) is 6.07 Å². The first-order chi connectivity index (χ1) is 8.32. The van der Waals surface area contributed by atoms with Crippen molar-refractivity contribution in [1.82, 2.24) is 0 Å². The van der Waals surface area contributed by atoms with Gasteiger partial charge < -0.3 is 10.4 Å². The number of aliphatic carboxylic acids is 1. The van der Waals surface area contributed by atoms with Gasteiger partial charge in [-0.2, -0.15) is 0 Å². The van der Waals surface area contributed by atoms with E-state index in [4.69, 9.17) is 5.11 Å². The van der Waals surface area contributed by atoms with E-state index < -0.39 is 15.8 Å². The number of carboxylic acids is 1. The quantitative estimate of drug-likeness (QED) is 0.778. The summed E-state index contributed by atoms with van der Waals surface area (Å²) in [6, 6.07) is 4.89. The Morgan fingerprint density at radius 3 is 2.67 bits per heavy atom. The van der Waals surface area contributed by atoms with Crippen molar-refractivity contribution in [1.29, 1.82) is 0 Å². The zero-order valence-corrected chi connectivity index (χ0v) is 12.2. The lowest BCUT2D eigenvalue weighted by Crippen LogP contribution is -2.09. The fourth-order valence-corrected chi connectivity index (χ4v) is 2.95. The molecule has 0 saturated carbocycles. The predicted octanol–water partition coefficient (Wildman–Crippen LogP) is 2.13. The zero-order valence-electron chi connectivity index (χ0n) is 9.81. The molecular weight excluding hydrogens is 322 g/mol. The molecule has 0 heterocycles. The van der Waals surface area contributed by atoms with E-state index in [9.17, 15) is 13.2 Å². The summed E-state index contributed by atoms with van der Waals surface area (Å²) in [4.78, 5) is 10.6. The highest BCUT2D eigenvalue weighted by atomic mass is 79.9. The van der Waals surface area contributed by atoms with Crippen molar-refractivity contribution in [2.45, 2.75) is 17.7 Å².